The number of nitrogens with zero attached hydrogens (tertiary/aromatic N) is 3. The van der Waals surface area contributed by atoms with Crippen molar-refractivity contribution in [3.05, 3.63) is 47.7 Å². The zero-order valence-electron chi connectivity index (χ0n) is 15.2. The molecule has 0 bridgehead atoms. The fraction of sp³-hybridized carbons (Fsp3) is 0.579. The average molecular weight is 329 g/mol. The van der Waals surface area contributed by atoms with Crippen LogP contribution in [-0.2, 0) is 17.8 Å². The molecule has 1 atom stereocenters. The van der Waals surface area contributed by atoms with E-state index < -0.39 is 0 Å². The van der Waals surface area contributed by atoms with Crippen molar-refractivity contribution in [1.29, 1.82) is 0 Å². The van der Waals surface area contributed by atoms with Gasteiger partial charge in [0, 0.05) is 19.5 Å². The largest absolute Gasteiger partial charge is 0.424 e. The second kappa shape index (κ2) is 6.30. The molecule has 24 heavy (non-hydrogen) atoms. The minimum Gasteiger partial charge on any atom is -0.424 e. The van der Waals surface area contributed by atoms with Crippen molar-refractivity contribution in [2.24, 2.45) is 0 Å². The van der Waals surface area contributed by atoms with Crippen molar-refractivity contribution in [2.75, 3.05) is 0 Å². The molecular formula is C19H27N3O2. The third-order valence-corrected chi connectivity index (χ3v) is 4.60. The second-order valence-corrected chi connectivity index (χ2v) is 7.79. The zero-order chi connectivity index (χ0) is 17.4. The van der Waals surface area contributed by atoms with Gasteiger partial charge in [0.1, 0.15) is 0 Å². The summed E-state index contributed by atoms with van der Waals surface area (Å²) >= 11 is 0. The molecule has 0 radical (unpaired) electrons. The van der Waals surface area contributed by atoms with Crippen LogP contribution in [0.2, 0.25) is 0 Å². The van der Waals surface area contributed by atoms with Gasteiger partial charge in [0.15, 0.2) is 0 Å². The summed E-state index contributed by atoms with van der Waals surface area (Å²) in [7, 11) is 0. The molecule has 3 rings (SSSR count). The molecular weight excluding hydrogens is 302 g/mol. The Morgan fingerprint density at radius 3 is 2.33 bits per heavy atom. The predicted molar refractivity (Wildman–Crippen MR) is 92.4 cm³/mol. The Kier molecular flexibility index (Phi) is 4.49. The van der Waals surface area contributed by atoms with Crippen LogP contribution in [0.1, 0.15) is 51.5 Å². The second-order valence-electron chi connectivity index (χ2n) is 7.79. The summed E-state index contributed by atoms with van der Waals surface area (Å²) in [6, 6.07) is 10.8. The van der Waals surface area contributed by atoms with E-state index in [4.69, 9.17) is 9.15 Å². The highest BCUT2D eigenvalue weighted by molar-refractivity contribution is 5.15. The molecule has 0 N–H and O–H groups in total. The van der Waals surface area contributed by atoms with Crippen LogP contribution in [0.25, 0.3) is 0 Å². The lowest BCUT2D eigenvalue weighted by molar-refractivity contribution is -0.0826. The van der Waals surface area contributed by atoms with Crippen LogP contribution < -0.4 is 0 Å². The monoisotopic (exact) mass is 329 g/mol. The van der Waals surface area contributed by atoms with Crippen molar-refractivity contribution < 1.29 is 9.15 Å². The highest BCUT2D eigenvalue weighted by atomic mass is 16.5. The molecule has 0 spiro atoms. The van der Waals surface area contributed by atoms with Crippen molar-refractivity contribution in [3.63, 3.8) is 0 Å². The maximum atomic E-state index is 6.30. The molecule has 1 aliphatic rings. The average Bonchev–Trinajstić information content (AvgIpc) is 2.98. The molecule has 2 heterocycles. The molecule has 5 nitrogen and oxygen atoms in total. The molecule has 1 saturated heterocycles. The van der Waals surface area contributed by atoms with Crippen molar-refractivity contribution in [2.45, 2.75) is 71.4 Å². The summed E-state index contributed by atoms with van der Waals surface area (Å²) in [5, 5.41) is 8.15. The van der Waals surface area contributed by atoms with E-state index >= 15 is 0 Å². The van der Waals surface area contributed by atoms with Crippen LogP contribution in [0.3, 0.4) is 0 Å². The number of aromatic nitrogens is 2. The van der Waals surface area contributed by atoms with Crippen LogP contribution in [-0.4, -0.2) is 32.3 Å². The normalized spacial score (nSPS) is 22.2. The van der Waals surface area contributed by atoms with Gasteiger partial charge in [-0.15, -0.1) is 10.2 Å². The van der Waals surface area contributed by atoms with Gasteiger partial charge in [0.05, 0.1) is 17.7 Å². The van der Waals surface area contributed by atoms with E-state index in [0.29, 0.717) is 18.3 Å². The van der Waals surface area contributed by atoms with Crippen LogP contribution in [0.4, 0.5) is 0 Å². The van der Waals surface area contributed by atoms with E-state index in [1.165, 1.54) is 5.56 Å². The molecule has 130 valence electrons. The Bertz CT molecular complexity index is 679. The molecule has 0 aliphatic carbocycles. The lowest BCUT2D eigenvalue weighted by atomic mass is 9.92. The van der Waals surface area contributed by atoms with E-state index in [9.17, 15) is 0 Å². The predicted octanol–water partition coefficient (Wildman–Crippen LogP) is 3.73. The Labute approximate surface area is 144 Å². The lowest BCUT2D eigenvalue weighted by Crippen LogP contribution is -2.45. The van der Waals surface area contributed by atoms with E-state index in [0.717, 1.165) is 13.0 Å². The minimum atomic E-state index is -0.229. The van der Waals surface area contributed by atoms with Gasteiger partial charge in [-0.3, -0.25) is 4.90 Å². The van der Waals surface area contributed by atoms with Gasteiger partial charge in [-0.05, 0) is 39.7 Å². The van der Waals surface area contributed by atoms with Gasteiger partial charge in [-0.25, -0.2) is 0 Å². The number of rotatable bonds is 5. The minimum absolute atomic E-state index is 0.131. The number of aryl methyl sites for hydroxylation is 1. The summed E-state index contributed by atoms with van der Waals surface area (Å²) in [5.74, 6) is 1.26. The maximum Gasteiger partial charge on any atom is 0.230 e. The SMILES string of the molecule is Cc1nnc(CN(Cc2ccccc2)[C@@H]2CC(C)(C)OC2(C)C)o1. The van der Waals surface area contributed by atoms with Crippen molar-refractivity contribution in [1.82, 2.24) is 15.1 Å². The van der Waals surface area contributed by atoms with Gasteiger partial charge >= 0.3 is 0 Å². The number of hydrogen-bond donors (Lipinski definition) is 0. The third-order valence-electron chi connectivity index (χ3n) is 4.60. The summed E-state index contributed by atoms with van der Waals surface area (Å²) in [5.41, 5.74) is 0.913. The van der Waals surface area contributed by atoms with Gasteiger partial charge < -0.3 is 9.15 Å². The van der Waals surface area contributed by atoms with Crippen LogP contribution in [0.15, 0.2) is 34.7 Å². The molecule has 1 fully saturated rings. The zero-order valence-corrected chi connectivity index (χ0v) is 15.2. The molecule has 1 aliphatic heterocycles. The summed E-state index contributed by atoms with van der Waals surface area (Å²) in [6.07, 6.45) is 0.972. The quantitative estimate of drug-likeness (QED) is 0.836. The summed E-state index contributed by atoms with van der Waals surface area (Å²) < 4.78 is 11.9. The standard InChI is InChI=1S/C19H27N3O2/c1-14-20-21-17(23-14)13-22(12-15-9-7-6-8-10-15)16-11-18(2,3)24-19(16,4)5/h6-10,16H,11-13H2,1-5H3/t16-/m1/s1. The summed E-state index contributed by atoms with van der Waals surface area (Å²) in [6.45, 7) is 11.9. The first-order chi connectivity index (χ1) is 11.3. The third kappa shape index (κ3) is 3.84. The number of ether oxygens (including phenoxy) is 1. The lowest BCUT2D eigenvalue weighted by Gasteiger charge is -2.35. The molecule has 0 unspecified atom stereocenters. The number of benzene rings is 1. The molecule has 1 aromatic heterocycles. The topological polar surface area (TPSA) is 51.4 Å². The molecule has 1 aromatic carbocycles. The maximum absolute atomic E-state index is 6.30. The molecule has 0 saturated carbocycles. The first-order valence-electron chi connectivity index (χ1n) is 8.52. The Morgan fingerprint density at radius 2 is 1.79 bits per heavy atom. The van der Waals surface area contributed by atoms with E-state index in [2.05, 4.69) is 67.1 Å². The molecule has 5 heteroatoms. The smallest absolute Gasteiger partial charge is 0.230 e. The summed E-state index contributed by atoms with van der Waals surface area (Å²) in [4.78, 5) is 2.40. The Morgan fingerprint density at radius 1 is 1.08 bits per heavy atom. The first kappa shape index (κ1) is 17.1. The van der Waals surface area contributed by atoms with Gasteiger partial charge in [0.25, 0.3) is 0 Å². The molecule has 2 aromatic rings. The Balaban J connectivity index is 1.86. The molecule has 0 amide bonds. The van der Waals surface area contributed by atoms with Crippen molar-refractivity contribution in [3.8, 4) is 0 Å². The van der Waals surface area contributed by atoms with Gasteiger partial charge in [0.2, 0.25) is 11.8 Å². The highest BCUT2D eigenvalue weighted by Crippen LogP contribution is 2.41. The number of hydrogen-bond acceptors (Lipinski definition) is 5. The van der Waals surface area contributed by atoms with Crippen molar-refractivity contribution >= 4 is 0 Å². The first-order valence-corrected chi connectivity index (χ1v) is 8.52. The van der Waals surface area contributed by atoms with Crippen LogP contribution in [0.5, 0.6) is 0 Å². The Hall–Kier alpha value is -1.72. The van der Waals surface area contributed by atoms with E-state index in [1.54, 1.807) is 0 Å². The van der Waals surface area contributed by atoms with Gasteiger partial charge in [-0.2, -0.15) is 0 Å². The fourth-order valence-corrected chi connectivity index (χ4v) is 3.77. The van der Waals surface area contributed by atoms with E-state index in [-0.39, 0.29) is 17.2 Å². The van der Waals surface area contributed by atoms with Gasteiger partial charge in [-0.1, -0.05) is 30.3 Å². The fourth-order valence-electron chi connectivity index (χ4n) is 3.77. The van der Waals surface area contributed by atoms with Crippen LogP contribution in [0, 0.1) is 6.92 Å². The van der Waals surface area contributed by atoms with E-state index in [1.807, 2.05) is 13.0 Å². The highest BCUT2D eigenvalue weighted by Gasteiger charge is 2.48. The van der Waals surface area contributed by atoms with Crippen LogP contribution >= 0.6 is 0 Å².